The molecule has 0 fully saturated rings. The molecule has 7 heteroatoms. The van der Waals surface area contributed by atoms with Crippen LogP contribution in [-0.2, 0) is 6.54 Å². The van der Waals surface area contributed by atoms with E-state index in [4.69, 9.17) is 10.5 Å². The van der Waals surface area contributed by atoms with Gasteiger partial charge >= 0.3 is 6.01 Å². The lowest BCUT2D eigenvalue weighted by Crippen LogP contribution is -2.10. The molecule has 0 saturated carbocycles. The van der Waals surface area contributed by atoms with Crippen molar-refractivity contribution in [2.45, 2.75) is 20.4 Å². The van der Waals surface area contributed by atoms with Gasteiger partial charge in [0.05, 0.1) is 18.8 Å². The van der Waals surface area contributed by atoms with E-state index in [1.807, 2.05) is 26.0 Å². The highest BCUT2D eigenvalue weighted by molar-refractivity contribution is 5.33. The van der Waals surface area contributed by atoms with Crippen LogP contribution in [0.2, 0.25) is 0 Å². The normalized spacial score (nSPS) is 10.2. The van der Waals surface area contributed by atoms with Gasteiger partial charge in [-0.05, 0) is 25.5 Å². The van der Waals surface area contributed by atoms with E-state index >= 15 is 0 Å². The van der Waals surface area contributed by atoms with Crippen molar-refractivity contribution in [2.75, 3.05) is 17.7 Å². The Labute approximate surface area is 111 Å². The number of pyridine rings is 1. The van der Waals surface area contributed by atoms with Crippen molar-refractivity contribution in [3.8, 4) is 6.01 Å². The fourth-order valence-corrected chi connectivity index (χ4v) is 1.51. The molecule has 0 aromatic carbocycles. The topological polar surface area (TPSA) is 98.8 Å². The van der Waals surface area contributed by atoms with Crippen LogP contribution in [0.3, 0.4) is 0 Å². The second-order valence-corrected chi connectivity index (χ2v) is 3.85. The van der Waals surface area contributed by atoms with Gasteiger partial charge in [-0.3, -0.25) is 4.98 Å². The number of nitrogens with one attached hydrogen (secondary N) is 1. The van der Waals surface area contributed by atoms with Gasteiger partial charge < -0.3 is 15.8 Å². The Morgan fingerprint density at radius 3 is 2.89 bits per heavy atom. The second-order valence-electron chi connectivity index (χ2n) is 3.85. The third-order valence-corrected chi connectivity index (χ3v) is 2.44. The molecule has 0 saturated heterocycles. The molecular weight excluding hydrogens is 244 g/mol. The fourth-order valence-electron chi connectivity index (χ4n) is 1.51. The summed E-state index contributed by atoms with van der Waals surface area (Å²) >= 11 is 0. The maximum Gasteiger partial charge on any atom is 0.323 e. The molecule has 0 radical (unpaired) electrons. The van der Waals surface area contributed by atoms with Gasteiger partial charge in [-0.15, -0.1) is 0 Å². The summed E-state index contributed by atoms with van der Waals surface area (Å²) < 4.78 is 5.21. The lowest BCUT2D eigenvalue weighted by atomic mass is 10.2. The second kappa shape index (κ2) is 5.94. The predicted molar refractivity (Wildman–Crippen MR) is 71.7 cm³/mol. The summed E-state index contributed by atoms with van der Waals surface area (Å²) in [6.07, 6.45) is 1.75. The number of nitrogens with zero attached hydrogens (tertiary/aromatic N) is 4. The van der Waals surface area contributed by atoms with Crippen molar-refractivity contribution in [3.63, 3.8) is 0 Å². The van der Waals surface area contributed by atoms with E-state index in [1.54, 1.807) is 6.20 Å². The number of nitrogens with two attached hydrogens (primary N) is 1. The van der Waals surface area contributed by atoms with Gasteiger partial charge in [-0.2, -0.15) is 15.0 Å². The molecule has 0 aliphatic carbocycles. The van der Waals surface area contributed by atoms with E-state index in [-0.39, 0.29) is 12.0 Å². The van der Waals surface area contributed by atoms with Crippen LogP contribution in [0.5, 0.6) is 6.01 Å². The molecule has 2 rings (SSSR count). The Morgan fingerprint density at radius 2 is 2.16 bits per heavy atom. The van der Waals surface area contributed by atoms with Crippen LogP contribution in [-0.4, -0.2) is 26.5 Å². The molecule has 3 N–H and O–H groups in total. The van der Waals surface area contributed by atoms with E-state index in [1.165, 1.54) is 0 Å². The third-order valence-electron chi connectivity index (χ3n) is 2.44. The summed E-state index contributed by atoms with van der Waals surface area (Å²) in [6, 6.07) is 4.11. The molecule has 0 amide bonds. The number of ether oxygens (including phenoxy) is 1. The largest absolute Gasteiger partial charge is 0.464 e. The molecule has 2 aromatic heterocycles. The van der Waals surface area contributed by atoms with Gasteiger partial charge in [-0.25, -0.2) is 0 Å². The summed E-state index contributed by atoms with van der Waals surface area (Å²) in [5.74, 6) is 0.500. The Bertz CT molecular complexity index is 560. The Kier molecular flexibility index (Phi) is 4.07. The molecule has 2 heterocycles. The molecule has 100 valence electrons. The SMILES string of the molecule is CCOc1nc(N)nc(NCc2ncccc2C)n1. The molecule has 19 heavy (non-hydrogen) atoms. The molecule has 0 unspecified atom stereocenters. The van der Waals surface area contributed by atoms with E-state index < -0.39 is 0 Å². The average molecular weight is 260 g/mol. The summed E-state index contributed by atoms with van der Waals surface area (Å²) in [5.41, 5.74) is 7.62. The van der Waals surface area contributed by atoms with Gasteiger partial charge in [0.1, 0.15) is 0 Å². The highest BCUT2D eigenvalue weighted by Gasteiger charge is 2.06. The van der Waals surface area contributed by atoms with E-state index in [9.17, 15) is 0 Å². The smallest absolute Gasteiger partial charge is 0.323 e. The predicted octanol–water partition coefficient (Wildman–Crippen LogP) is 1.17. The molecular formula is C12H16N6O. The van der Waals surface area contributed by atoms with E-state index in [0.717, 1.165) is 11.3 Å². The van der Waals surface area contributed by atoms with Crippen molar-refractivity contribution >= 4 is 11.9 Å². The van der Waals surface area contributed by atoms with Crippen LogP contribution in [0.1, 0.15) is 18.2 Å². The number of rotatable bonds is 5. The minimum atomic E-state index is 0.124. The standard InChI is InChI=1S/C12H16N6O/c1-3-19-12-17-10(13)16-11(18-12)15-7-9-8(2)5-4-6-14-9/h4-6H,3,7H2,1-2H3,(H3,13,15,16,17,18). The average Bonchev–Trinajstić information content (AvgIpc) is 2.37. The molecule has 0 atom stereocenters. The van der Waals surface area contributed by atoms with Crippen molar-refractivity contribution in [1.29, 1.82) is 0 Å². The number of anilines is 2. The Hall–Kier alpha value is -2.44. The van der Waals surface area contributed by atoms with Crippen LogP contribution in [0, 0.1) is 6.92 Å². The fraction of sp³-hybridized carbons (Fsp3) is 0.333. The van der Waals surface area contributed by atoms with E-state index in [0.29, 0.717) is 19.1 Å². The first-order valence-electron chi connectivity index (χ1n) is 5.97. The van der Waals surface area contributed by atoms with Gasteiger partial charge in [0.25, 0.3) is 0 Å². The molecule has 0 aliphatic heterocycles. The zero-order chi connectivity index (χ0) is 13.7. The highest BCUT2D eigenvalue weighted by atomic mass is 16.5. The van der Waals surface area contributed by atoms with Crippen LogP contribution < -0.4 is 15.8 Å². The quantitative estimate of drug-likeness (QED) is 0.832. The Balaban J connectivity index is 2.09. The minimum Gasteiger partial charge on any atom is -0.464 e. The lowest BCUT2D eigenvalue weighted by Gasteiger charge is -2.08. The lowest BCUT2D eigenvalue weighted by molar-refractivity contribution is 0.312. The first-order valence-corrected chi connectivity index (χ1v) is 5.97. The first kappa shape index (κ1) is 13.0. The summed E-state index contributed by atoms with van der Waals surface area (Å²) in [5, 5.41) is 3.06. The van der Waals surface area contributed by atoms with Crippen LogP contribution >= 0.6 is 0 Å². The van der Waals surface area contributed by atoms with Crippen LogP contribution in [0.15, 0.2) is 18.3 Å². The number of aromatic nitrogens is 4. The first-order chi connectivity index (χ1) is 9.19. The number of nitrogen functional groups attached to an aromatic ring is 1. The zero-order valence-corrected chi connectivity index (χ0v) is 10.9. The Morgan fingerprint density at radius 1 is 1.32 bits per heavy atom. The number of aryl methyl sites for hydroxylation is 1. The van der Waals surface area contributed by atoms with Crippen LogP contribution in [0.4, 0.5) is 11.9 Å². The summed E-state index contributed by atoms with van der Waals surface area (Å²) in [7, 11) is 0. The number of hydrogen-bond acceptors (Lipinski definition) is 7. The van der Waals surface area contributed by atoms with Gasteiger partial charge in [0, 0.05) is 6.20 Å². The monoisotopic (exact) mass is 260 g/mol. The highest BCUT2D eigenvalue weighted by Crippen LogP contribution is 2.10. The van der Waals surface area contributed by atoms with Crippen molar-refractivity contribution in [1.82, 2.24) is 19.9 Å². The summed E-state index contributed by atoms with van der Waals surface area (Å²) in [4.78, 5) is 16.3. The van der Waals surface area contributed by atoms with Gasteiger partial charge in [0.2, 0.25) is 11.9 Å². The zero-order valence-electron chi connectivity index (χ0n) is 10.9. The molecule has 7 nitrogen and oxygen atoms in total. The number of hydrogen-bond donors (Lipinski definition) is 2. The minimum absolute atomic E-state index is 0.124. The van der Waals surface area contributed by atoms with Crippen molar-refractivity contribution < 1.29 is 4.74 Å². The molecule has 0 spiro atoms. The van der Waals surface area contributed by atoms with Gasteiger partial charge in [0.15, 0.2) is 0 Å². The van der Waals surface area contributed by atoms with E-state index in [2.05, 4.69) is 25.3 Å². The van der Waals surface area contributed by atoms with Crippen molar-refractivity contribution in [2.24, 2.45) is 0 Å². The third kappa shape index (κ3) is 3.51. The van der Waals surface area contributed by atoms with Crippen molar-refractivity contribution in [3.05, 3.63) is 29.6 Å². The molecule has 2 aromatic rings. The molecule has 0 aliphatic rings. The maximum absolute atomic E-state index is 5.59. The maximum atomic E-state index is 5.59. The van der Waals surface area contributed by atoms with Crippen LogP contribution in [0.25, 0.3) is 0 Å². The summed E-state index contributed by atoms with van der Waals surface area (Å²) in [6.45, 7) is 4.84. The molecule has 0 bridgehead atoms. The van der Waals surface area contributed by atoms with Gasteiger partial charge in [-0.1, -0.05) is 6.07 Å².